The van der Waals surface area contributed by atoms with Gasteiger partial charge in [-0.25, -0.2) is 8.42 Å². The summed E-state index contributed by atoms with van der Waals surface area (Å²) in [4.78, 5) is 0.211. The molecule has 1 N–H and O–H groups in total. The summed E-state index contributed by atoms with van der Waals surface area (Å²) in [6, 6.07) is 14.6. The van der Waals surface area contributed by atoms with Gasteiger partial charge in [-0.3, -0.25) is 0 Å². The fraction of sp³-hybridized carbons (Fsp3) is 0.143. The second kappa shape index (κ2) is 5.74. The second-order valence-electron chi connectivity index (χ2n) is 4.16. The standard InChI is InChI=1S/C14H13ClO3S/c15-12-8-6-11(7-9-12)14(16)10-19(17,18)13-4-2-1-3-5-13/h1-9,14,16H,10H2/t14-/m0/s1. The molecule has 19 heavy (non-hydrogen) atoms. The number of rotatable bonds is 4. The van der Waals surface area contributed by atoms with Crippen molar-refractivity contribution >= 4 is 21.4 Å². The van der Waals surface area contributed by atoms with Gasteiger partial charge < -0.3 is 5.11 Å². The quantitative estimate of drug-likeness (QED) is 0.944. The van der Waals surface area contributed by atoms with E-state index in [1.807, 2.05) is 0 Å². The molecule has 2 aromatic carbocycles. The van der Waals surface area contributed by atoms with Crippen molar-refractivity contribution in [2.45, 2.75) is 11.0 Å². The fourth-order valence-corrected chi connectivity index (χ4v) is 3.21. The zero-order chi connectivity index (χ0) is 13.9. The Morgan fingerprint density at radius 2 is 1.58 bits per heavy atom. The maximum Gasteiger partial charge on any atom is 0.181 e. The van der Waals surface area contributed by atoms with Gasteiger partial charge in [0.2, 0.25) is 0 Å². The molecule has 0 aromatic heterocycles. The van der Waals surface area contributed by atoms with Crippen LogP contribution in [0.2, 0.25) is 5.02 Å². The molecule has 0 saturated carbocycles. The zero-order valence-electron chi connectivity index (χ0n) is 10.0. The maximum atomic E-state index is 12.1. The third-order valence-electron chi connectivity index (χ3n) is 2.73. The molecule has 0 aliphatic heterocycles. The molecule has 2 aromatic rings. The molecule has 0 bridgehead atoms. The summed E-state index contributed by atoms with van der Waals surface area (Å²) in [5, 5.41) is 10.5. The van der Waals surface area contributed by atoms with Gasteiger partial charge >= 0.3 is 0 Å². The van der Waals surface area contributed by atoms with Crippen LogP contribution in [0.15, 0.2) is 59.5 Å². The topological polar surface area (TPSA) is 54.4 Å². The van der Waals surface area contributed by atoms with E-state index in [-0.39, 0.29) is 10.6 Å². The van der Waals surface area contributed by atoms with Gasteiger partial charge in [0.25, 0.3) is 0 Å². The molecule has 0 saturated heterocycles. The largest absolute Gasteiger partial charge is 0.387 e. The predicted molar refractivity (Wildman–Crippen MR) is 74.9 cm³/mol. The van der Waals surface area contributed by atoms with Gasteiger partial charge in [0.1, 0.15) is 0 Å². The van der Waals surface area contributed by atoms with E-state index in [9.17, 15) is 13.5 Å². The van der Waals surface area contributed by atoms with E-state index in [0.717, 1.165) is 0 Å². The number of sulfone groups is 1. The van der Waals surface area contributed by atoms with Gasteiger partial charge in [-0.1, -0.05) is 41.9 Å². The molecule has 0 heterocycles. The first-order valence-electron chi connectivity index (χ1n) is 5.70. The molecule has 1 atom stereocenters. The first-order valence-corrected chi connectivity index (χ1v) is 7.73. The average molecular weight is 297 g/mol. The van der Waals surface area contributed by atoms with Gasteiger partial charge in [0.05, 0.1) is 16.8 Å². The first-order chi connectivity index (χ1) is 8.99. The number of hydrogen-bond acceptors (Lipinski definition) is 3. The van der Waals surface area contributed by atoms with E-state index in [0.29, 0.717) is 10.6 Å². The van der Waals surface area contributed by atoms with E-state index in [2.05, 4.69) is 0 Å². The third kappa shape index (κ3) is 3.56. The van der Waals surface area contributed by atoms with E-state index >= 15 is 0 Å². The molecule has 0 unspecified atom stereocenters. The van der Waals surface area contributed by atoms with Crippen LogP contribution in [-0.4, -0.2) is 19.3 Å². The van der Waals surface area contributed by atoms with Crippen molar-refractivity contribution in [1.82, 2.24) is 0 Å². The lowest BCUT2D eigenvalue weighted by Gasteiger charge is -2.11. The van der Waals surface area contributed by atoms with E-state index in [1.165, 1.54) is 12.1 Å². The lowest BCUT2D eigenvalue weighted by molar-refractivity contribution is 0.201. The molecule has 0 spiro atoms. The van der Waals surface area contributed by atoms with Crippen LogP contribution in [0.3, 0.4) is 0 Å². The van der Waals surface area contributed by atoms with Crippen molar-refractivity contribution in [3.63, 3.8) is 0 Å². The molecule has 0 aliphatic carbocycles. The van der Waals surface area contributed by atoms with Crippen LogP contribution in [0.4, 0.5) is 0 Å². The summed E-state index contributed by atoms with van der Waals surface area (Å²) in [6.45, 7) is 0. The van der Waals surface area contributed by atoms with Crippen molar-refractivity contribution in [2.24, 2.45) is 0 Å². The Kier molecular flexibility index (Phi) is 4.24. The van der Waals surface area contributed by atoms with E-state index < -0.39 is 15.9 Å². The SMILES string of the molecule is O=S(=O)(C[C@H](O)c1ccc(Cl)cc1)c1ccccc1. The number of hydrogen-bond donors (Lipinski definition) is 1. The van der Waals surface area contributed by atoms with Gasteiger partial charge in [0, 0.05) is 5.02 Å². The highest BCUT2D eigenvalue weighted by Crippen LogP contribution is 2.21. The van der Waals surface area contributed by atoms with Crippen LogP contribution in [-0.2, 0) is 9.84 Å². The molecular formula is C14H13ClO3S. The number of halogens is 1. The molecule has 100 valence electrons. The highest BCUT2D eigenvalue weighted by atomic mass is 35.5. The zero-order valence-corrected chi connectivity index (χ0v) is 11.6. The van der Waals surface area contributed by atoms with Crippen molar-refractivity contribution in [3.8, 4) is 0 Å². The van der Waals surface area contributed by atoms with Crippen LogP contribution in [0.25, 0.3) is 0 Å². The number of aliphatic hydroxyl groups excluding tert-OH is 1. The summed E-state index contributed by atoms with van der Waals surface area (Å²) < 4.78 is 24.2. The molecule has 3 nitrogen and oxygen atoms in total. The van der Waals surface area contributed by atoms with Crippen LogP contribution in [0, 0.1) is 0 Å². The Morgan fingerprint density at radius 1 is 1.00 bits per heavy atom. The summed E-state index contributed by atoms with van der Waals surface area (Å²) in [7, 11) is -3.50. The van der Waals surface area contributed by atoms with Gasteiger partial charge in [-0.2, -0.15) is 0 Å². The van der Waals surface area contributed by atoms with Gasteiger partial charge in [-0.05, 0) is 29.8 Å². The Morgan fingerprint density at radius 3 is 2.16 bits per heavy atom. The van der Waals surface area contributed by atoms with Crippen molar-refractivity contribution in [2.75, 3.05) is 5.75 Å². The van der Waals surface area contributed by atoms with Crippen LogP contribution < -0.4 is 0 Å². The Hall–Kier alpha value is -1.36. The van der Waals surface area contributed by atoms with E-state index in [1.54, 1.807) is 42.5 Å². The summed E-state index contributed by atoms with van der Waals surface area (Å²) in [6.07, 6.45) is -1.07. The molecule has 0 radical (unpaired) electrons. The normalized spacial score (nSPS) is 13.2. The van der Waals surface area contributed by atoms with Gasteiger partial charge in [0.15, 0.2) is 9.84 Å². The van der Waals surface area contributed by atoms with Crippen molar-refractivity contribution in [1.29, 1.82) is 0 Å². The first kappa shape index (κ1) is 14.1. The summed E-state index contributed by atoms with van der Waals surface area (Å²) in [5.74, 6) is -0.349. The Bertz CT molecular complexity index is 636. The fourth-order valence-electron chi connectivity index (χ4n) is 1.71. The second-order valence-corrected chi connectivity index (χ2v) is 6.63. The maximum absolute atomic E-state index is 12.1. The van der Waals surface area contributed by atoms with Gasteiger partial charge in [-0.15, -0.1) is 0 Å². The average Bonchev–Trinajstić information content (AvgIpc) is 2.40. The Balaban J connectivity index is 2.19. The van der Waals surface area contributed by atoms with Crippen molar-refractivity contribution < 1.29 is 13.5 Å². The number of aliphatic hydroxyl groups is 1. The Labute approximate surface area is 117 Å². The minimum atomic E-state index is -3.50. The lowest BCUT2D eigenvalue weighted by atomic mass is 10.1. The molecule has 0 amide bonds. The van der Waals surface area contributed by atoms with Crippen molar-refractivity contribution in [3.05, 3.63) is 65.2 Å². The predicted octanol–water partition coefficient (Wildman–Crippen LogP) is 2.85. The van der Waals surface area contributed by atoms with Crippen LogP contribution in [0.5, 0.6) is 0 Å². The summed E-state index contributed by atoms with van der Waals surface area (Å²) >= 11 is 5.75. The minimum absolute atomic E-state index is 0.211. The lowest BCUT2D eigenvalue weighted by Crippen LogP contribution is -2.14. The van der Waals surface area contributed by atoms with Crippen LogP contribution >= 0.6 is 11.6 Å². The molecule has 0 fully saturated rings. The smallest absolute Gasteiger partial charge is 0.181 e. The molecule has 5 heteroatoms. The monoisotopic (exact) mass is 296 g/mol. The highest BCUT2D eigenvalue weighted by Gasteiger charge is 2.20. The molecule has 0 aliphatic rings. The van der Waals surface area contributed by atoms with E-state index in [4.69, 9.17) is 11.6 Å². The van der Waals surface area contributed by atoms with Crippen LogP contribution in [0.1, 0.15) is 11.7 Å². The minimum Gasteiger partial charge on any atom is -0.387 e. The molecular weight excluding hydrogens is 284 g/mol. The number of benzene rings is 2. The third-order valence-corrected chi connectivity index (χ3v) is 4.73. The summed E-state index contributed by atoms with van der Waals surface area (Å²) in [5.41, 5.74) is 0.531. The highest BCUT2D eigenvalue weighted by molar-refractivity contribution is 7.91. The molecule has 2 rings (SSSR count).